The van der Waals surface area contributed by atoms with Gasteiger partial charge >= 0.3 is 0 Å². The van der Waals surface area contributed by atoms with Crippen molar-refractivity contribution in [1.82, 2.24) is 4.90 Å². The van der Waals surface area contributed by atoms with E-state index in [-0.39, 0.29) is 5.54 Å². The van der Waals surface area contributed by atoms with Crippen molar-refractivity contribution in [1.29, 1.82) is 0 Å². The molecule has 0 radical (unpaired) electrons. The fourth-order valence-corrected chi connectivity index (χ4v) is 2.75. The molecule has 0 spiro atoms. The van der Waals surface area contributed by atoms with E-state index >= 15 is 0 Å². The summed E-state index contributed by atoms with van der Waals surface area (Å²) < 4.78 is 0. The van der Waals surface area contributed by atoms with Crippen LogP contribution in [0.2, 0.25) is 0 Å². The smallest absolute Gasteiger partial charge is 0.0673 e. The quantitative estimate of drug-likeness (QED) is 0.782. The second-order valence-electron chi connectivity index (χ2n) is 4.86. The lowest BCUT2D eigenvalue weighted by Gasteiger charge is -2.46. The Labute approximate surface area is 95.7 Å². The number of likely N-dealkylation sites (tertiary alicyclic amines) is 1. The SMILES string of the molecule is CN1CC(N)(c2cccc3ccccc23)C1. The van der Waals surface area contributed by atoms with Crippen LogP contribution in [0.3, 0.4) is 0 Å². The molecule has 2 aromatic carbocycles. The Morgan fingerprint density at radius 1 is 1.06 bits per heavy atom. The zero-order valence-corrected chi connectivity index (χ0v) is 9.48. The van der Waals surface area contributed by atoms with E-state index in [1.54, 1.807) is 0 Å². The number of likely N-dealkylation sites (N-methyl/N-ethyl adjacent to an activating group) is 1. The third-order valence-electron chi connectivity index (χ3n) is 3.43. The highest BCUT2D eigenvalue weighted by molar-refractivity contribution is 5.86. The van der Waals surface area contributed by atoms with Crippen LogP contribution in [0.1, 0.15) is 5.56 Å². The second kappa shape index (κ2) is 3.30. The summed E-state index contributed by atoms with van der Waals surface area (Å²) in [4.78, 5) is 2.25. The molecule has 1 heterocycles. The van der Waals surface area contributed by atoms with E-state index < -0.39 is 0 Å². The maximum Gasteiger partial charge on any atom is 0.0673 e. The number of hydrogen-bond acceptors (Lipinski definition) is 2. The van der Waals surface area contributed by atoms with Gasteiger partial charge in [0.2, 0.25) is 0 Å². The van der Waals surface area contributed by atoms with Crippen LogP contribution in [-0.4, -0.2) is 25.0 Å². The first-order valence-corrected chi connectivity index (χ1v) is 5.65. The van der Waals surface area contributed by atoms with Gasteiger partial charge in [-0.3, -0.25) is 0 Å². The first-order chi connectivity index (χ1) is 7.69. The van der Waals surface area contributed by atoms with Crippen molar-refractivity contribution < 1.29 is 0 Å². The summed E-state index contributed by atoms with van der Waals surface area (Å²) >= 11 is 0. The monoisotopic (exact) mass is 212 g/mol. The minimum Gasteiger partial charge on any atom is -0.319 e. The molecule has 0 aromatic heterocycles. The van der Waals surface area contributed by atoms with Crippen LogP contribution < -0.4 is 5.73 Å². The van der Waals surface area contributed by atoms with E-state index in [2.05, 4.69) is 54.4 Å². The number of benzene rings is 2. The second-order valence-corrected chi connectivity index (χ2v) is 4.86. The zero-order chi connectivity index (χ0) is 11.2. The molecular weight excluding hydrogens is 196 g/mol. The molecule has 1 aliphatic heterocycles. The van der Waals surface area contributed by atoms with Crippen molar-refractivity contribution in [3.63, 3.8) is 0 Å². The maximum atomic E-state index is 6.44. The van der Waals surface area contributed by atoms with Crippen LogP contribution >= 0.6 is 0 Å². The summed E-state index contributed by atoms with van der Waals surface area (Å²) in [6.45, 7) is 1.89. The largest absolute Gasteiger partial charge is 0.319 e. The van der Waals surface area contributed by atoms with E-state index in [1.807, 2.05) is 0 Å². The summed E-state index contributed by atoms with van der Waals surface area (Å²) in [5.74, 6) is 0. The van der Waals surface area contributed by atoms with Crippen molar-refractivity contribution in [3.8, 4) is 0 Å². The summed E-state index contributed by atoms with van der Waals surface area (Å²) in [7, 11) is 2.11. The molecule has 0 unspecified atom stereocenters. The van der Waals surface area contributed by atoms with Crippen molar-refractivity contribution in [2.24, 2.45) is 5.73 Å². The third kappa shape index (κ3) is 1.34. The Morgan fingerprint density at radius 2 is 1.75 bits per heavy atom. The van der Waals surface area contributed by atoms with Crippen LogP contribution in [-0.2, 0) is 5.54 Å². The van der Waals surface area contributed by atoms with Gasteiger partial charge in [0.05, 0.1) is 5.54 Å². The molecular formula is C14H16N2. The van der Waals surface area contributed by atoms with Crippen LogP contribution in [0.4, 0.5) is 0 Å². The summed E-state index contributed by atoms with van der Waals surface area (Å²) in [6.07, 6.45) is 0. The standard InChI is InChI=1S/C14H16N2/c1-16-9-14(15,10-16)13-8-4-6-11-5-2-3-7-12(11)13/h2-8H,9-10,15H2,1H3. The van der Waals surface area contributed by atoms with Gasteiger partial charge in [-0.25, -0.2) is 0 Å². The van der Waals surface area contributed by atoms with Crippen molar-refractivity contribution in [2.45, 2.75) is 5.54 Å². The van der Waals surface area contributed by atoms with Gasteiger partial charge < -0.3 is 10.6 Å². The zero-order valence-electron chi connectivity index (χ0n) is 9.48. The van der Waals surface area contributed by atoms with Gasteiger partial charge in [-0.2, -0.15) is 0 Å². The molecule has 82 valence electrons. The molecule has 1 saturated heterocycles. The van der Waals surface area contributed by atoms with Crippen molar-refractivity contribution >= 4 is 10.8 Å². The lowest BCUT2D eigenvalue weighted by Crippen LogP contribution is -2.63. The normalized spacial score (nSPS) is 19.6. The molecule has 16 heavy (non-hydrogen) atoms. The van der Waals surface area contributed by atoms with E-state index in [0.717, 1.165) is 13.1 Å². The van der Waals surface area contributed by atoms with Gasteiger partial charge in [-0.15, -0.1) is 0 Å². The van der Waals surface area contributed by atoms with Crippen LogP contribution in [0.5, 0.6) is 0 Å². The van der Waals surface area contributed by atoms with Gasteiger partial charge in [0.1, 0.15) is 0 Å². The molecule has 1 aliphatic rings. The molecule has 0 atom stereocenters. The Morgan fingerprint density at radius 3 is 2.50 bits per heavy atom. The Bertz CT molecular complexity index is 522. The predicted molar refractivity (Wildman–Crippen MR) is 67.3 cm³/mol. The van der Waals surface area contributed by atoms with Crippen molar-refractivity contribution in [2.75, 3.05) is 20.1 Å². The van der Waals surface area contributed by atoms with Crippen LogP contribution in [0.25, 0.3) is 10.8 Å². The fourth-order valence-electron chi connectivity index (χ4n) is 2.75. The lowest BCUT2D eigenvalue weighted by atomic mass is 9.81. The number of hydrogen-bond donors (Lipinski definition) is 1. The van der Waals surface area contributed by atoms with Crippen LogP contribution in [0.15, 0.2) is 42.5 Å². The molecule has 2 N–H and O–H groups in total. The minimum absolute atomic E-state index is 0.157. The summed E-state index contributed by atoms with van der Waals surface area (Å²) in [6, 6.07) is 14.9. The first kappa shape index (κ1) is 9.82. The molecule has 3 rings (SSSR count). The van der Waals surface area contributed by atoms with Gasteiger partial charge in [-0.05, 0) is 23.4 Å². The van der Waals surface area contributed by atoms with E-state index in [1.165, 1.54) is 16.3 Å². The Hall–Kier alpha value is -1.38. The van der Waals surface area contributed by atoms with E-state index in [9.17, 15) is 0 Å². The minimum atomic E-state index is -0.157. The van der Waals surface area contributed by atoms with Gasteiger partial charge in [0.15, 0.2) is 0 Å². The average Bonchev–Trinajstić information content (AvgIpc) is 2.26. The Kier molecular flexibility index (Phi) is 2.03. The highest BCUT2D eigenvalue weighted by atomic mass is 15.2. The van der Waals surface area contributed by atoms with Gasteiger partial charge in [0.25, 0.3) is 0 Å². The topological polar surface area (TPSA) is 29.3 Å². The fraction of sp³-hybridized carbons (Fsp3) is 0.286. The predicted octanol–water partition coefficient (Wildman–Crippen LogP) is 1.94. The summed E-state index contributed by atoms with van der Waals surface area (Å²) in [5.41, 5.74) is 7.56. The molecule has 2 aromatic rings. The highest BCUT2D eigenvalue weighted by Crippen LogP contribution is 2.33. The van der Waals surface area contributed by atoms with Gasteiger partial charge in [0, 0.05) is 13.1 Å². The van der Waals surface area contributed by atoms with Crippen molar-refractivity contribution in [3.05, 3.63) is 48.0 Å². The van der Waals surface area contributed by atoms with Gasteiger partial charge in [-0.1, -0.05) is 42.5 Å². The Balaban J connectivity index is 2.17. The molecule has 2 nitrogen and oxygen atoms in total. The lowest BCUT2D eigenvalue weighted by molar-refractivity contribution is 0.0999. The average molecular weight is 212 g/mol. The first-order valence-electron chi connectivity index (χ1n) is 5.65. The number of fused-ring (bicyclic) bond motifs is 1. The molecule has 0 bridgehead atoms. The molecule has 2 heteroatoms. The molecule has 1 fully saturated rings. The molecule has 0 amide bonds. The number of nitrogens with zero attached hydrogens (tertiary/aromatic N) is 1. The number of nitrogens with two attached hydrogens (primary N) is 1. The third-order valence-corrected chi connectivity index (χ3v) is 3.43. The maximum absolute atomic E-state index is 6.44. The van der Waals surface area contributed by atoms with E-state index in [4.69, 9.17) is 5.73 Å². The van der Waals surface area contributed by atoms with E-state index in [0.29, 0.717) is 0 Å². The molecule has 0 aliphatic carbocycles. The summed E-state index contributed by atoms with van der Waals surface area (Å²) in [5, 5.41) is 2.57. The highest BCUT2D eigenvalue weighted by Gasteiger charge is 2.39. The van der Waals surface area contributed by atoms with Crippen LogP contribution in [0, 0.1) is 0 Å². The number of rotatable bonds is 1. The molecule has 0 saturated carbocycles.